The van der Waals surface area contributed by atoms with E-state index in [1.807, 2.05) is 20.8 Å². The van der Waals surface area contributed by atoms with Crippen molar-refractivity contribution in [2.24, 2.45) is 0 Å². The van der Waals surface area contributed by atoms with Crippen LogP contribution in [0.25, 0.3) is 0 Å². The number of carbonyl (C=O) groups is 1. The Hall–Kier alpha value is -1.37. The summed E-state index contributed by atoms with van der Waals surface area (Å²) in [4.78, 5) is 14.3. The number of alkyl halides is 2. The Morgan fingerprint density at radius 3 is 2.56 bits per heavy atom. The fourth-order valence-corrected chi connectivity index (χ4v) is 2.92. The number of amides is 1. The molecule has 0 atom stereocenters. The lowest BCUT2D eigenvalue weighted by atomic mass is 9.91. The van der Waals surface area contributed by atoms with Crippen molar-refractivity contribution in [3.63, 3.8) is 0 Å². The first kappa shape index (κ1) is 19.9. The average Bonchev–Trinajstić information content (AvgIpc) is 2.41. The second-order valence-corrected chi connectivity index (χ2v) is 8.06. The van der Waals surface area contributed by atoms with Gasteiger partial charge in [-0.25, -0.2) is 13.6 Å². The summed E-state index contributed by atoms with van der Waals surface area (Å²) < 4.78 is 36.5. The maximum atomic E-state index is 12.6. The molecule has 25 heavy (non-hydrogen) atoms. The van der Waals surface area contributed by atoms with Gasteiger partial charge in [-0.3, -0.25) is 0 Å². The molecule has 1 aromatic carbocycles. The van der Waals surface area contributed by atoms with Crippen molar-refractivity contribution in [1.29, 1.82) is 0 Å². The molecule has 1 saturated carbocycles. The summed E-state index contributed by atoms with van der Waals surface area (Å²) in [5.41, 5.74) is 0.0820. The van der Waals surface area contributed by atoms with Crippen molar-refractivity contribution in [2.75, 3.05) is 6.61 Å². The molecule has 0 heterocycles. The highest BCUT2D eigenvalue weighted by molar-refractivity contribution is 9.10. The molecule has 1 fully saturated rings. The number of benzene rings is 1. The predicted octanol–water partition coefficient (Wildman–Crippen LogP) is 5.38. The molecule has 0 aliphatic heterocycles. The molecule has 0 bridgehead atoms. The third kappa shape index (κ3) is 6.13. The van der Waals surface area contributed by atoms with Crippen LogP contribution in [0.3, 0.4) is 0 Å². The molecule has 1 aliphatic carbocycles. The van der Waals surface area contributed by atoms with Gasteiger partial charge in [0.2, 0.25) is 0 Å². The average molecular weight is 420 g/mol. The standard InChI is InChI=1S/C18H24BrF2NO3/c1-18(2,3)25-17(23)22(14-5-4-6-14)10-12-9-13(19)7-8-15(12)24-11-16(20)21/h7-9,14,16H,4-6,10-11H2,1-3H3. The number of hydrogen-bond donors (Lipinski definition) is 0. The topological polar surface area (TPSA) is 38.8 Å². The molecule has 0 radical (unpaired) electrons. The number of ether oxygens (including phenoxy) is 2. The summed E-state index contributed by atoms with van der Waals surface area (Å²) in [5.74, 6) is 0.358. The number of nitrogens with zero attached hydrogens (tertiary/aromatic N) is 1. The summed E-state index contributed by atoms with van der Waals surface area (Å²) in [6, 6.07) is 5.26. The maximum absolute atomic E-state index is 12.6. The van der Waals surface area contributed by atoms with E-state index in [0.29, 0.717) is 11.3 Å². The molecule has 0 unspecified atom stereocenters. The van der Waals surface area contributed by atoms with E-state index >= 15 is 0 Å². The van der Waals surface area contributed by atoms with Crippen molar-refractivity contribution in [1.82, 2.24) is 4.90 Å². The van der Waals surface area contributed by atoms with Gasteiger partial charge in [-0.2, -0.15) is 0 Å². The summed E-state index contributed by atoms with van der Waals surface area (Å²) >= 11 is 3.38. The summed E-state index contributed by atoms with van der Waals surface area (Å²) in [6.07, 6.45) is -0.0416. The van der Waals surface area contributed by atoms with Gasteiger partial charge < -0.3 is 14.4 Å². The lowest BCUT2D eigenvalue weighted by molar-refractivity contribution is 0.00421. The van der Waals surface area contributed by atoms with E-state index in [4.69, 9.17) is 9.47 Å². The molecule has 0 N–H and O–H groups in total. The lowest BCUT2D eigenvalue weighted by Gasteiger charge is -2.38. The zero-order valence-electron chi connectivity index (χ0n) is 14.7. The molecule has 0 aromatic heterocycles. The number of carbonyl (C=O) groups excluding carboxylic acids is 1. The Kier molecular flexibility index (Phi) is 6.65. The largest absolute Gasteiger partial charge is 0.487 e. The van der Waals surface area contributed by atoms with Gasteiger partial charge in [0.05, 0.1) is 6.54 Å². The van der Waals surface area contributed by atoms with Crippen molar-refractivity contribution in [3.05, 3.63) is 28.2 Å². The van der Waals surface area contributed by atoms with Gasteiger partial charge in [-0.15, -0.1) is 0 Å². The number of halogens is 3. The molecule has 1 amide bonds. The Balaban J connectivity index is 2.19. The van der Waals surface area contributed by atoms with Crippen molar-refractivity contribution >= 4 is 22.0 Å². The Labute approximate surface area is 155 Å². The quantitative estimate of drug-likeness (QED) is 0.620. The van der Waals surface area contributed by atoms with E-state index in [1.54, 1.807) is 23.1 Å². The molecule has 140 valence electrons. The minimum Gasteiger partial charge on any atom is -0.487 e. The maximum Gasteiger partial charge on any atom is 0.410 e. The predicted molar refractivity (Wildman–Crippen MR) is 95.1 cm³/mol. The van der Waals surface area contributed by atoms with Gasteiger partial charge in [0.25, 0.3) is 6.43 Å². The minimum absolute atomic E-state index is 0.108. The van der Waals surface area contributed by atoms with Crippen LogP contribution in [-0.2, 0) is 11.3 Å². The zero-order valence-corrected chi connectivity index (χ0v) is 16.3. The fraction of sp³-hybridized carbons (Fsp3) is 0.611. The first-order valence-corrected chi connectivity index (χ1v) is 9.14. The highest BCUT2D eigenvalue weighted by Gasteiger charge is 2.32. The molecule has 0 saturated heterocycles. The second kappa shape index (κ2) is 8.34. The first-order valence-electron chi connectivity index (χ1n) is 8.34. The molecule has 1 aliphatic rings. The van der Waals surface area contributed by atoms with E-state index in [1.165, 1.54) is 0 Å². The Morgan fingerprint density at radius 1 is 1.36 bits per heavy atom. The van der Waals surface area contributed by atoms with Crippen LogP contribution in [0.4, 0.5) is 13.6 Å². The van der Waals surface area contributed by atoms with E-state index < -0.39 is 24.7 Å². The van der Waals surface area contributed by atoms with Crippen LogP contribution < -0.4 is 4.74 Å². The smallest absolute Gasteiger partial charge is 0.410 e. The lowest BCUT2D eigenvalue weighted by Crippen LogP contribution is -2.46. The van der Waals surface area contributed by atoms with E-state index in [9.17, 15) is 13.6 Å². The summed E-state index contributed by atoms with van der Waals surface area (Å²) in [7, 11) is 0. The Bertz CT molecular complexity index is 600. The van der Waals surface area contributed by atoms with Crippen LogP contribution in [0.15, 0.2) is 22.7 Å². The highest BCUT2D eigenvalue weighted by Crippen LogP contribution is 2.31. The van der Waals surface area contributed by atoms with Gasteiger partial charge in [-0.1, -0.05) is 15.9 Å². The van der Waals surface area contributed by atoms with E-state index in [2.05, 4.69) is 15.9 Å². The van der Waals surface area contributed by atoms with Gasteiger partial charge in [-0.05, 0) is 58.2 Å². The van der Waals surface area contributed by atoms with Gasteiger partial charge in [0.1, 0.15) is 18.0 Å². The number of rotatable bonds is 6. The van der Waals surface area contributed by atoms with Crippen LogP contribution in [0.1, 0.15) is 45.6 Å². The molecule has 2 rings (SSSR count). The normalized spacial score (nSPS) is 15.0. The van der Waals surface area contributed by atoms with E-state index in [-0.39, 0.29) is 12.6 Å². The SMILES string of the molecule is CC(C)(C)OC(=O)N(Cc1cc(Br)ccc1OCC(F)F)C1CCC1. The number of hydrogen-bond acceptors (Lipinski definition) is 3. The first-order chi connectivity index (χ1) is 11.7. The molecular formula is C18H24BrF2NO3. The van der Waals surface area contributed by atoms with Gasteiger partial charge in [0.15, 0.2) is 0 Å². The van der Waals surface area contributed by atoms with E-state index in [0.717, 1.165) is 23.7 Å². The third-order valence-electron chi connectivity index (χ3n) is 3.87. The molecule has 7 heteroatoms. The molecule has 0 spiro atoms. The third-order valence-corrected chi connectivity index (χ3v) is 4.36. The monoisotopic (exact) mass is 419 g/mol. The minimum atomic E-state index is -2.55. The highest BCUT2D eigenvalue weighted by atomic mass is 79.9. The fourth-order valence-electron chi connectivity index (χ4n) is 2.51. The van der Waals surface area contributed by atoms with Crippen molar-refractivity contribution in [3.8, 4) is 5.75 Å². The van der Waals surface area contributed by atoms with Crippen LogP contribution in [0, 0.1) is 0 Å². The van der Waals surface area contributed by atoms with Crippen LogP contribution >= 0.6 is 15.9 Å². The van der Waals surface area contributed by atoms with Crippen molar-refractivity contribution < 1.29 is 23.0 Å². The molecule has 4 nitrogen and oxygen atoms in total. The molecular weight excluding hydrogens is 396 g/mol. The van der Waals surface area contributed by atoms with Crippen LogP contribution in [0.5, 0.6) is 5.75 Å². The van der Waals surface area contributed by atoms with Gasteiger partial charge >= 0.3 is 6.09 Å². The second-order valence-electron chi connectivity index (χ2n) is 7.15. The van der Waals surface area contributed by atoms with Crippen molar-refractivity contribution in [2.45, 2.75) is 64.6 Å². The zero-order chi connectivity index (χ0) is 18.6. The van der Waals surface area contributed by atoms with Crippen LogP contribution in [-0.4, -0.2) is 35.7 Å². The molecule has 1 aromatic rings. The Morgan fingerprint density at radius 2 is 2.04 bits per heavy atom. The summed E-state index contributed by atoms with van der Waals surface area (Å²) in [6.45, 7) is 5.04. The summed E-state index contributed by atoms with van der Waals surface area (Å²) in [5, 5.41) is 0. The van der Waals surface area contributed by atoms with Crippen LogP contribution in [0.2, 0.25) is 0 Å². The van der Waals surface area contributed by atoms with Gasteiger partial charge in [0, 0.05) is 16.1 Å².